The smallest absolute Gasteiger partial charge is 0.308 e. The van der Waals surface area contributed by atoms with Gasteiger partial charge < -0.3 is 20.8 Å². The van der Waals surface area contributed by atoms with E-state index in [0.717, 1.165) is 37.5 Å². The van der Waals surface area contributed by atoms with Crippen LogP contribution in [-0.4, -0.2) is 46.3 Å². The number of carbonyl (C=O) groups is 2. The Hall–Kier alpha value is -1.14. The van der Waals surface area contributed by atoms with Crippen molar-refractivity contribution in [3.05, 3.63) is 0 Å². The number of carboxylic acid groups (broad SMARTS) is 2. The molecule has 0 heterocycles. The summed E-state index contributed by atoms with van der Waals surface area (Å²) in [5, 5.41) is 27.6. The monoisotopic (exact) mass is 562 g/mol. The second-order valence-electron chi connectivity index (χ2n) is 13.7. The molecular weight excluding hydrogens is 500 g/mol. The minimum Gasteiger partial charge on any atom is -0.481 e. The molecule has 0 aromatic rings. The number of aliphatic carboxylic acids is 2. The SMILES string of the molecule is CCCCCCCC1CCC(NC2CC(C(=O)O)C(NC3CCC(CCCCCCC)CC3)CC2C(=O)O)CC1. The minimum atomic E-state index is -0.777. The van der Waals surface area contributed by atoms with Crippen molar-refractivity contribution in [3.8, 4) is 0 Å². The predicted molar refractivity (Wildman–Crippen MR) is 164 cm³/mol. The third-order valence-corrected chi connectivity index (χ3v) is 10.6. The molecule has 3 fully saturated rings. The van der Waals surface area contributed by atoms with E-state index in [1.807, 2.05) is 0 Å². The highest BCUT2D eigenvalue weighted by Crippen LogP contribution is 2.36. The van der Waals surface area contributed by atoms with Gasteiger partial charge in [-0.1, -0.05) is 90.9 Å². The molecule has 0 saturated heterocycles. The van der Waals surface area contributed by atoms with E-state index in [2.05, 4.69) is 24.5 Å². The third kappa shape index (κ3) is 11.3. The molecule has 232 valence electrons. The first-order valence-corrected chi connectivity index (χ1v) is 17.4. The summed E-state index contributed by atoms with van der Waals surface area (Å²) in [7, 11) is 0. The van der Waals surface area contributed by atoms with Gasteiger partial charge in [-0.15, -0.1) is 0 Å². The molecule has 4 unspecified atom stereocenters. The first-order valence-electron chi connectivity index (χ1n) is 17.4. The average molecular weight is 563 g/mol. The van der Waals surface area contributed by atoms with Gasteiger partial charge in [-0.2, -0.15) is 0 Å². The Bertz CT molecular complexity index is 655. The van der Waals surface area contributed by atoms with Gasteiger partial charge in [0.1, 0.15) is 0 Å². The number of carboxylic acids is 2. The lowest BCUT2D eigenvalue weighted by Crippen LogP contribution is -2.58. The fourth-order valence-electron chi connectivity index (χ4n) is 8.03. The molecule has 0 aromatic carbocycles. The molecule has 4 N–H and O–H groups in total. The number of rotatable bonds is 18. The van der Waals surface area contributed by atoms with E-state index in [1.54, 1.807) is 0 Å². The van der Waals surface area contributed by atoms with E-state index in [-0.39, 0.29) is 12.1 Å². The van der Waals surface area contributed by atoms with Gasteiger partial charge in [-0.3, -0.25) is 9.59 Å². The van der Waals surface area contributed by atoms with Gasteiger partial charge in [-0.25, -0.2) is 0 Å². The highest BCUT2D eigenvalue weighted by molar-refractivity contribution is 5.74. The van der Waals surface area contributed by atoms with Crippen LogP contribution in [0.5, 0.6) is 0 Å². The number of nitrogens with one attached hydrogen (secondary N) is 2. The van der Waals surface area contributed by atoms with Crippen molar-refractivity contribution in [1.82, 2.24) is 10.6 Å². The molecule has 3 saturated carbocycles. The van der Waals surface area contributed by atoms with Crippen LogP contribution in [0.1, 0.15) is 155 Å². The van der Waals surface area contributed by atoms with E-state index < -0.39 is 23.8 Å². The fraction of sp³-hybridized carbons (Fsp3) is 0.941. The van der Waals surface area contributed by atoms with Gasteiger partial charge in [0.05, 0.1) is 11.8 Å². The molecule has 6 nitrogen and oxygen atoms in total. The summed E-state index contributed by atoms with van der Waals surface area (Å²) in [6.45, 7) is 4.51. The third-order valence-electron chi connectivity index (χ3n) is 10.6. The van der Waals surface area contributed by atoms with E-state index >= 15 is 0 Å². The summed E-state index contributed by atoms with van der Waals surface area (Å²) >= 11 is 0. The van der Waals surface area contributed by atoms with Gasteiger partial charge >= 0.3 is 11.9 Å². The van der Waals surface area contributed by atoms with Crippen LogP contribution in [0.4, 0.5) is 0 Å². The van der Waals surface area contributed by atoms with Crippen molar-refractivity contribution in [2.24, 2.45) is 23.7 Å². The van der Waals surface area contributed by atoms with E-state index in [0.29, 0.717) is 24.9 Å². The standard InChI is InChI=1S/C34H62N2O4/c1-3-5-7-9-11-13-25-15-19-27(20-16-25)35-31-23-30(34(39)40)32(24-29(31)33(37)38)36-28-21-17-26(18-22-28)14-12-10-8-6-4-2/h25-32,35-36H,3-24H2,1-2H3,(H,37,38)(H,39,40). The summed E-state index contributed by atoms with van der Waals surface area (Å²) in [6.07, 6.45) is 26.0. The Kier molecular flexibility index (Phi) is 15.4. The largest absolute Gasteiger partial charge is 0.481 e. The molecule has 0 radical (unpaired) electrons. The van der Waals surface area contributed by atoms with Crippen LogP contribution >= 0.6 is 0 Å². The molecule has 0 aromatic heterocycles. The lowest BCUT2D eigenvalue weighted by Gasteiger charge is -2.43. The highest BCUT2D eigenvalue weighted by atomic mass is 16.4. The molecule has 0 bridgehead atoms. The first-order chi connectivity index (χ1) is 19.4. The van der Waals surface area contributed by atoms with Crippen LogP contribution in [0.2, 0.25) is 0 Å². The Labute approximate surface area is 245 Å². The van der Waals surface area contributed by atoms with Crippen LogP contribution in [0.25, 0.3) is 0 Å². The topological polar surface area (TPSA) is 98.7 Å². The maximum Gasteiger partial charge on any atom is 0.308 e. The summed E-state index contributed by atoms with van der Waals surface area (Å²) < 4.78 is 0. The zero-order valence-corrected chi connectivity index (χ0v) is 25.9. The van der Waals surface area contributed by atoms with Gasteiger partial charge in [0.2, 0.25) is 0 Å². The Morgan fingerprint density at radius 2 is 0.900 bits per heavy atom. The molecular formula is C34H62N2O4. The van der Waals surface area contributed by atoms with Crippen molar-refractivity contribution < 1.29 is 19.8 Å². The number of hydrogen-bond acceptors (Lipinski definition) is 4. The molecule has 0 amide bonds. The molecule has 3 aliphatic rings. The van der Waals surface area contributed by atoms with Gasteiger partial charge in [-0.05, 0) is 76.0 Å². The molecule has 0 spiro atoms. The normalized spacial score (nSPS) is 33.0. The van der Waals surface area contributed by atoms with Gasteiger partial charge in [0.15, 0.2) is 0 Å². The van der Waals surface area contributed by atoms with Crippen molar-refractivity contribution in [2.75, 3.05) is 0 Å². The molecule has 4 atom stereocenters. The van der Waals surface area contributed by atoms with Crippen LogP contribution in [0, 0.1) is 23.7 Å². The fourth-order valence-corrected chi connectivity index (χ4v) is 8.03. The van der Waals surface area contributed by atoms with Crippen LogP contribution in [-0.2, 0) is 9.59 Å². The Morgan fingerprint density at radius 3 is 1.23 bits per heavy atom. The molecule has 3 rings (SSSR count). The number of hydrogen-bond donors (Lipinski definition) is 4. The van der Waals surface area contributed by atoms with E-state index in [1.165, 1.54) is 103 Å². The summed E-state index contributed by atoms with van der Waals surface area (Å²) in [4.78, 5) is 24.7. The van der Waals surface area contributed by atoms with Crippen molar-refractivity contribution in [1.29, 1.82) is 0 Å². The van der Waals surface area contributed by atoms with Gasteiger partial charge in [0.25, 0.3) is 0 Å². The maximum atomic E-state index is 12.4. The molecule has 0 aliphatic heterocycles. The Balaban J connectivity index is 1.44. The van der Waals surface area contributed by atoms with Crippen molar-refractivity contribution >= 4 is 11.9 Å². The van der Waals surface area contributed by atoms with Gasteiger partial charge in [0, 0.05) is 24.2 Å². The van der Waals surface area contributed by atoms with Crippen molar-refractivity contribution in [2.45, 2.75) is 179 Å². The lowest BCUT2D eigenvalue weighted by molar-refractivity contribution is -0.151. The minimum absolute atomic E-state index is 0.254. The second kappa shape index (κ2) is 18.4. The second-order valence-corrected chi connectivity index (χ2v) is 13.7. The summed E-state index contributed by atoms with van der Waals surface area (Å²) in [5.41, 5.74) is 0. The maximum absolute atomic E-state index is 12.4. The number of unbranched alkanes of at least 4 members (excludes halogenated alkanes) is 8. The van der Waals surface area contributed by atoms with Crippen LogP contribution in [0.15, 0.2) is 0 Å². The summed E-state index contributed by atoms with van der Waals surface area (Å²) in [5.74, 6) is -0.996. The Morgan fingerprint density at radius 1 is 0.550 bits per heavy atom. The quantitative estimate of drug-likeness (QED) is 0.127. The van der Waals surface area contributed by atoms with Crippen LogP contribution < -0.4 is 10.6 Å². The molecule has 6 heteroatoms. The molecule has 40 heavy (non-hydrogen) atoms. The zero-order chi connectivity index (χ0) is 28.7. The average Bonchev–Trinajstić information content (AvgIpc) is 2.95. The summed E-state index contributed by atoms with van der Waals surface area (Å²) in [6, 6.07) is 0.130. The zero-order valence-electron chi connectivity index (χ0n) is 25.9. The van der Waals surface area contributed by atoms with E-state index in [4.69, 9.17) is 0 Å². The van der Waals surface area contributed by atoms with Crippen LogP contribution in [0.3, 0.4) is 0 Å². The molecule has 3 aliphatic carbocycles. The lowest BCUT2D eigenvalue weighted by atomic mass is 9.73. The van der Waals surface area contributed by atoms with Crippen molar-refractivity contribution in [3.63, 3.8) is 0 Å². The van der Waals surface area contributed by atoms with E-state index in [9.17, 15) is 19.8 Å². The first kappa shape index (κ1) is 33.4. The highest BCUT2D eigenvalue weighted by Gasteiger charge is 2.45. The predicted octanol–water partition coefficient (Wildman–Crippen LogP) is 7.94.